The molecule has 0 atom stereocenters. The third-order valence-corrected chi connectivity index (χ3v) is 4.10. The van der Waals surface area contributed by atoms with E-state index in [1.807, 2.05) is 13.8 Å². The van der Waals surface area contributed by atoms with E-state index in [0.29, 0.717) is 6.42 Å². The molecule has 0 aromatic carbocycles. The standard InChI is InChI=1S/C12H26O2/c1-5-11(6-2,9-10-13)12(14,7-3)8-4/h13-14H,5-10H2,1-4H3. The van der Waals surface area contributed by atoms with Crippen LogP contribution in [0.15, 0.2) is 0 Å². The van der Waals surface area contributed by atoms with Crippen LogP contribution < -0.4 is 0 Å². The summed E-state index contributed by atoms with van der Waals surface area (Å²) in [5.74, 6) is 0. The molecule has 0 aromatic heterocycles. The Morgan fingerprint density at radius 1 is 0.857 bits per heavy atom. The largest absolute Gasteiger partial charge is 0.396 e. The van der Waals surface area contributed by atoms with Gasteiger partial charge in [-0.1, -0.05) is 27.7 Å². The minimum absolute atomic E-state index is 0.106. The van der Waals surface area contributed by atoms with Crippen molar-refractivity contribution < 1.29 is 10.2 Å². The molecule has 0 radical (unpaired) electrons. The average molecular weight is 202 g/mol. The van der Waals surface area contributed by atoms with E-state index < -0.39 is 5.60 Å². The van der Waals surface area contributed by atoms with E-state index in [9.17, 15) is 5.11 Å². The highest BCUT2D eigenvalue weighted by atomic mass is 16.3. The van der Waals surface area contributed by atoms with Gasteiger partial charge in [-0.05, 0) is 32.1 Å². The van der Waals surface area contributed by atoms with Crippen molar-refractivity contribution in [1.29, 1.82) is 0 Å². The maximum atomic E-state index is 10.6. The summed E-state index contributed by atoms with van der Waals surface area (Å²) < 4.78 is 0. The fourth-order valence-electron chi connectivity index (χ4n) is 2.71. The molecule has 0 unspecified atom stereocenters. The lowest BCUT2D eigenvalue weighted by molar-refractivity contribution is -0.106. The molecular formula is C12H26O2. The highest BCUT2D eigenvalue weighted by molar-refractivity contribution is 4.95. The SMILES string of the molecule is CCC(O)(CC)C(CC)(CC)CCO. The zero-order chi connectivity index (χ0) is 11.2. The molecule has 2 N–H and O–H groups in total. The first-order chi connectivity index (χ1) is 6.55. The smallest absolute Gasteiger partial charge is 0.0699 e. The number of aliphatic hydroxyl groups is 2. The lowest BCUT2D eigenvalue weighted by Gasteiger charge is -2.46. The number of aliphatic hydroxyl groups excluding tert-OH is 1. The highest BCUT2D eigenvalue weighted by Crippen LogP contribution is 2.45. The van der Waals surface area contributed by atoms with E-state index in [1.54, 1.807) is 0 Å². The number of hydrogen-bond acceptors (Lipinski definition) is 2. The monoisotopic (exact) mass is 202 g/mol. The first kappa shape index (κ1) is 13.9. The first-order valence-corrected chi connectivity index (χ1v) is 5.89. The Morgan fingerprint density at radius 2 is 1.29 bits per heavy atom. The fourth-order valence-corrected chi connectivity index (χ4v) is 2.71. The van der Waals surface area contributed by atoms with Crippen LogP contribution in [0.1, 0.15) is 59.8 Å². The summed E-state index contributed by atoms with van der Waals surface area (Å²) in [6.07, 6.45) is 4.11. The van der Waals surface area contributed by atoms with Crippen LogP contribution in [0.4, 0.5) is 0 Å². The van der Waals surface area contributed by atoms with Gasteiger partial charge in [0.2, 0.25) is 0 Å². The van der Waals surface area contributed by atoms with Gasteiger partial charge in [-0.3, -0.25) is 0 Å². The van der Waals surface area contributed by atoms with Crippen molar-refractivity contribution in [3.63, 3.8) is 0 Å². The maximum absolute atomic E-state index is 10.6. The normalized spacial score (nSPS) is 13.3. The molecule has 0 spiro atoms. The number of rotatable bonds is 7. The van der Waals surface area contributed by atoms with E-state index in [0.717, 1.165) is 25.7 Å². The highest BCUT2D eigenvalue weighted by Gasteiger charge is 2.44. The lowest BCUT2D eigenvalue weighted by Crippen LogP contribution is -2.47. The Bertz CT molecular complexity index is 146. The molecule has 0 aliphatic carbocycles. The van der Waals surface area contributed by atoms with Crippen molar-refractivity contribution in [2.75, 3.05) is 6.61 Å². The van der Waals surface area contributed by atoms with Crippen LogP contribution in [0.25, 0.3) is 0 Å². The second kappa shape index (κ2) is 5.72. The third kappa shape index (κ3) is 2.29. The quantitative estimate of drug-likeness (QED) is 0.666. The molecule has 0 fully saturated rings. The van der Waals surface area contributed by atoms with Crippen LogP contribution in [-0.4, -0.2) is 22.4 Å². The zero-order valence-corrected chi connectivity index (χ0v) is 10.1. The molecule has 2 nitrogen and oxygen atoms in total. The third-order valence-electron chi connectivity index (χ3n) is 4.10. The predicted octanol–water partition coefficient (Wildman–Crippen LogP) is 2.73. The molecular weight excluding hydrogens is 176 g/mol. The molecule has 0 saturated carbocycles. The fraction of sp³-hybridized carbons (Fsp3) is 1.00. The van der Waals surface area contributed by atoms with E-state index >= 15 is 0 Å². The minimum atomic E-state index is -0.612. The minimum Gasteiger partial charge on any atom is -0.396 e. The second-order valence-electron chi connectivity index (χ2n) is 4.20. The Balaban J connectivity index is 4.92. The van der Waals surface area contributed by atoms with Gasteiger partial charge in [-0.15, -0.1) is 0 Å². The van der Waals surface area contributed by atoms with E-state index in [-0.39, 0.29) is 12.0 Å². The molecule has 2 heteroatoms. The van der Waals surface area contributed by atoms with Crippen molar-refractivity contribution in [3.8, 4) is 0 Å². The molecule has 0 aromatic rings. The molecule has 0 aliphatic heterocycles. The number of hydrogen-bond donors (Lipinski definition) is 2. The Hall–Kier alpha value is -0.0800. The van der Waals surface area contributed by atoms with Gasteiger partial charge in [0.25, 0.3) is 0 Å². The summed E-state index contributed by atoms with van der Waals surface area (Å²) in [7, 11) is 0. The van der Waals surface area contributed by atoms with E-state index in [2.05, 4.69) is 13.8 Å². The van der Waals surface area contributed by atoms with Gasteiger partial charge in [0, 0.05) is 12.0 Å². The van der Waals surface area contributed by atoms with Gasteiger partial charge >= 0.3 is 0 Å². The molecule has 0 amide bonds. The molecule has 0 heterocycles. The predicted molar refractivity (Wildman–Crippen MR) is 60.2 cm³/mol. The first-order valence-electron chi connectivity index (χ1n) is 5.89. The van der Waals surface area contributed by atoms with Crippen molar-refractivity contribution in [2.24, 2.45) is 5.41 Å². The maximum Gasteiger partial charge on any atom is 0.0699 e. The van der Waals surface area contributed by atoms with Gasteiger partial charge in [0.05, 0.1) is 5.60 Å². The Kier molecular flexibility index (Phi) is 5.68. The van der Waals surface area contributed by atoms with Crippen LogP contribution in [0, 0.1) is 5.41 Å². The van der Waals surface area contributed by atoms with Gasteiger partial charge < -0.3 is 10.2 Å². The van der Waals surface area contributed by atoms with Gasteiger partial charge in [-0.2, -0.15) is 0 Å². The Morgan fingerprint density at radius 3 is 1.50 bits per heavy atom. The Labute approximate surface area is 88.3 Å². The van der Waals surface area contributed by atoms with Crippen molar-refractivity contribution in [3.05, 3.63) is 0 Å². The van der Waals surface area contributed by atoms with E-state index in [1.165, 1.54) is 0 Å². The van der Waals surface area contributed by atoms with Gasteiger partial charge in [0.1, 0.15) is 0 Å². The topological polar surface area (TPSA) is 40.5 Å². The van der Waals surface area contributed by atoms with E-state index in [4.69, 9.17) is 5.11 Å². The van der Waals surface area contributed by atoms with Gasteiger partial charge in [0.15, 0.2) is 0 Å². The summed E-state index contributed by atoms with van der Waals surface area (Å²) in [4.78, 5) is 0. The summed E-state index contributed by atoms with van der Waals surface area (Å²) in [6.45, 7) is 8.44. The van der Waals surface area contributed by atoms with Crippen LogP contribution in [0.5, 0.6) is 0 Å². The molecule has 0 rings (SSSR count). The van der Waals surface area contributed by atoms with Crippen LogP contribution in [0.3, 0.4) is 0 Å². The molecule has 0 bridgehead atoms. The molecule has 86 valence electrons. The molecule has 0 saturated heterocycles. The average Bonchev–Trinajstić information content (AvgIpc) is 2.24. The van der Waals surface area contributed by atoms with Crippen LogP contribution >= 0.6 is 0 Å². The van der Waals surface area contributed by atoms with Crippen molar-refractivity contribution in [2.45, 2.75) is 65.4 Å². The van der Waals surface area contributed by atoms with Crippen molar-refractivity contribution in [1.82, 2.24) is 0 Å². The lowest BCUT2D eigenvalue weighted by atomic mass is 9.64. The summed E-state index contributed by atoms with van der Waals surface area (Å²) in [5.41, 5.74) is -0.718. The van der Waals surface area contributed by atoms with Crippen molar-refractivity contribution >= 4 is 0 Å². The van der Waals surface area contributed by atoms with Crippen LogP contribution in [0.2, 0.25) is 0 Å². The summed E-state index contributed by atoms with van der Waals surface area (Å²) in [6, 6.07) is 0. The summed E-state index contributed by atoms with van der Waals surface area (Å²) in [5, 5.41) is 19.7. The zero-order valence-electron chi connectivity index (χ0n) is 10.1. The second-order valence-corrected chi connectivity index (χ2v) is 4.20. The van der Waals surface area contributed by atoms with Crippen LogP contribution in [-0.2, 0) is 0 Å². The molecule has 14 heavy (non-hydrogen) atoms. The molecule has 0 aliphatic rings. The summed E-state index contributed by atoms with van der Waals surface area (Å²) >= 11 is 0. The van der Waals surface area contributed by atoms with Gasteiger partial charge in [-0.25, -0.2) is 0 Å².